The average molecular weight is 391 g/mol. The fraction of sp³-hybridized carbons (Fsp3) is 0.136. The molecule has 4 nitrogen and oxygen atoms in total. The van der Waals surface area contributed by atoms with Crippen molar-refractivity contribution in [1.82, 2.24) is 9.97 Å². The zero-order valence-electron chi connectivity index (χ0n) is 15.5. The number of carbonyl (C=O) groups is 1. The van der Waals surface area contributed by atoms with Gasteiger partial charge in [0.2, 0.25) is 0 Å². The van der Waals surface area contributed by atoms with Crippen molar-refractivity contribution in [1.29, 1.82) is 0 Å². The molecule has 4 rings (SSSR count). The molecule has 0 saturated carbocycles. The van der Waals surface area contributed by atoms with Gasteiger partial charge in [-0.15, -0.1) is 0 Å². The molecule has 0 atom stereocenters. The van der Waals surface area contributed by atoms with Crippen LogP contribution in [0.1, 0.15) is 27.2 Å². The first kappa shape index (κ1) is 18.3. The Kier molecular flexibility index (Phi) is 4.88. The second kappa shape index (κ2) is 7.48. The maximum atomic E-state index is 13.6. The Morgan fingerprint density at radius 2 is 1.86 bits per heavy atom. The first-order chi connectivity index (χ1) is 13.5. The summed E-state index contributed by atoms with van der Waals surface area (Å²) in [7, 11) is 0. The highest BCUT2D eigenvalue weighted by atomic mass is 32.1. The van der Waals surface area contributed by atoms with Crippen molar-refractivity contribution in [2.75, 3.05) is 4.90 Å². The van der Waals surface area contributed by atoms with E-state index in [2.05, 4.69) is 9.97 Å². The number of fused-ring (bicyclic) bond motifs is 1. The summed E-state index contributed by atoms with van der Waals surface area (Å²) in [5.74, 6) is -0.475. The fourth-order valence-electron chi connectivity index (χ4n) is 3.14. The van der Waals surface area contributed by atoms with Gasteiger partial charge in [0.1, 0.15) is 5.82 Å². The minimum absolute atomic E-state index is 0.156. The largest absolute Gasteiger partial charge is 0.278 e. The van der Waals surface area contributed by atoms with Gasteiger partial charge >= 0.3 is 0 Å². The number of halogens is 1. The molecule has 0 aliphatic rings. The smallest absolute Gasteiger partial charge is 0.260 e. The summed E-state index contributed by atoms with van der Waals surface area (Å²) < 4.78 is 14.3. The Balaban J connectivity index is 1.79. The van der Waals surface area contributed by atoms with Gasteiger partial charge in [-0.1, -0.05) is 34.6 Å². The highest BCUT2D eigenvalue weighted by molar-refractivity contribution is 7.22. The monoisotopic (exact) mass is 391 g/mol. The molecule has 0 bridgehead atoms. The molecule has 0 saturated heterocycles. The van der Waals surface area contributed by atoms with E-state index in [0.717, 1.165) is 16.8 Å². The summed E-state index contributed by atoms with van der Waals surface area (Å²) in [6.07, 6.45) is 1.70. The SMILES string of the molecule is Cc1cc(C)cc(C(=O)N(Cc2ccccn2)c2nc3ccc(F)cc3s2)c1. The molecule has 28 heavy (non-hydrogen) atoms. The Hall–Kier alpha value is -3.12. The number of thiazole rings is 1. The molecule has 1 amide bonds. The maximum absolute atomic E-state index is 13.6. The Bertz CT molecular complexity index is 1140. The first-order valence-corrected chi connectivity index (χ1v) is 9.67. The average Bonchev–Trinajstić information content (AvgIpc) is 3.08. The van der Waals surface area contributed by atoms with Gasteiger partial charge in [0, 0.05) is 11.8 Å². The van der Waals surface area contributed by atoms with Gasteiger partial charge in [0.05, 0.1) is 22.5 Å². The lowest BCUT2D eigenvalue weighted by molar-refractivity contribution is 0.0984. The minimum atomic E-state index is -0.320. The summed E-state index contributed by atoms with van der Waals surface area (Å²) in [5, 5.41) is 0.524. The number of benzene rings is 2. The van der Waals surface area contributed by atoms with Crippen molar-refractivity contribution in [3.8, 4) is 0 Å². The third-order valence-electron chi connectivity index (χ3n) is 4.33. The lowest BCUT2D eigenvalue weighted by Crippen LogP contribution is -2.30. The van der Waals surface area contributed by atoms with E-state index in [4.69, 9.17) is 0 Å². The van der Waals surface area contributed by atoms with Crippen LogP contribution in [-0.4, -0.2) is 15.9 Å². The number of rotatable bonds is 4. The van der Waals surface area contributed by atoms with E-state index in [9.17, 15) is 9.18 Å². The Labute approximate surface area is 166 Å². The van der Waals surface area contributed by atoms with Crippen molar-refractivity contribution in [3.05, 3.63) is 89.0 Å². The Morgan fingerprint density at radius 1 is 1.07 bits per heavy atom. The topological polar surface area (TPSA) is 46.1 Å². The minimum Gasteiger partial charge on any atom is -0.278 e. The van der Waals surface area contributed by atoms with Crippen molar-refractivity contribution in [2.24, 2.45) is 0 Å². The summed E-state index contributed by atoms with van der Waals surface area (Å²) >= 11 is 1.30. The van der Waals surface area contributed by atoms with E-state index in [1.54, 1.807) is 17.2 Å². The zero-order chi connectivity index (χ0) is 19.7. The molecule has 2 aromatic heterocycles. The van der Waals surface area contributed by atoms with Crippen LogP contribution in [0.5, 0.6) is 0 Å². The van der Waals surface area contributed by atoms with Gasteiger partial charge in [-0.3, -0.25) is 14.7 Å². The Morgan fingerprint density at radius 3 is 2.57 bits per heavy atom. The molecule has 0 unspecified atom stereocenters. The fourth-order valence-corrected chi connectivity index (χ4v) is 4.12. The van der Waals surface area contributed by atoms with Gasteiger partial charge in [0.15, 0.2) is 5.13 Å². The van der Waals surface area contributed by atoms with Crippen LogP contribution in [-0.2, 0) is 6.54 Å². The highest BCUT2D eigenvalue weighted by Gasteiger charge is 2.22. The molecule has 0 aliphatic heterocycles. The zero-order valence-corrected chi connectivity index (χ0v) is 16.3. The summed E-state index contributed by atoms with van der Waals surface area (Å²) in [5.41, 5.74) is 4.06. The number of aryl methyl sites for hydroxylation is 2. The van der Waals surface area contributed by atoms with Crippen LogP contribution in [0.2, 0.25) is 0 Å². The van der Waals surface area contributed by atoms with Crippen LogP contribution >= 0.6 is 11.3 Å². The lowest BCUT2D eigenvalue weighted by atomic mass is 10.1. The van der Waals surface area contributed by atoms with Crippen LogP contribution in [0.15, 0.2) is 60.8 Å². The number of pyridine rings is 1. The van der Waals surface area contributed by atoms with Crippen molar-refractivity contribution >= 4 is 32.6 Å². The van der Waals surface area contributed by atoms with E-state index in [-0.39, 0.29) is 18.3 Å². The van der Waals surface area contributed by atoms with Crippen molar-refractivity contribution < 1.29 is 9.18 Å². The predicted molar refractivity (Wildman–Crippen MR) is 110 cm³/mol. The van der Waals surface area contributed by atoms with E-state index in [1.807, 2.05) is 50.2 Å². The van der Waals surface area contributed by atoms with Gasteiger partial charge in [-0.2, -0.15) is 0 Å². The highest BCUT2D eigenvalue weighted by Crippen LogP contribution is 2.31. The second-order valence-corrected chi connectivity index (χ2v) is 7.71. The number of amides is 1. The number of aromatic nitrogens is 2. The molecule has 4 aromatic rings. The number of hydrogen-bond acceptors (Lipinski definition) is 4. The van der Waals surface area contributed by atoms with Crippen LogP contribution in [0.25, 0.3) is 10.2 Å². The predicted octanol–water partition coefficient (Wildman–Crippen LogP) is 5.29. The third-order valence-corrected chi connectivity index (χ3v) is 5.37. The van der Waals surface area contributed by atoms with Gasteiger partial charge in [0.25, 0.3) is 5.91 Å². The van der Waals surface area contributed by atoms with Crippen LogP contribution < -0.4 is 4.90 Å². The van der Waals surface area contributed by atoms with Gasteiger partial charge in [-0.25, -0.2) is 9.37 Å². The third kappa shape index (κ3) is 3.77. The standard InChI is InChI=1S/C22H18FN3OS/c1-14-9-15(2)11-16(10-14)21(27)26(13-18-5-3-4-8-24-18)22-25-19-7-6-17(23)12-20(19)28-22/h3-12H,13H2,1-2H3. The van der Waals surface area contributed by atoms with Crippen LogP contribution in [0.3, 0.4) is 0 Å². The molecule has 0 spiro atoms. The van der Waals surface area contributed by atoms with Crippen LogP contribution in [0, 0.1) is 19.7 Å². The van der Waals surface area contributed by atoms with Gasteiger partial charge in [-0.05, 0) is 56.3 Å². The summed E-state index contributed by atoms with van der Waals surface area (Å²) in [6.45, 7) is 4.22. The molecule has 2 aromatic carbocycles. The first-order valence-electron chi connectivity index (χ1n) is 8.86. The summed E-state index contributed by atoms with van der Waals surface area (Å²) in [4.78, 5) is 23.9. The number of carbonyl (C=O) groups excluding carboxylic acids is 1. The van der Waals surface area contributed by atoms with E-state index in [1.165, 1.54) is 23.5 Å². The number of hydrogen-bond donors (Lipinski definition) is 0. The molecule has 0 radical (unpaired) electrons. The maximum Gasteiger partial charge on any atom is 0.260 e. The lowest BCUT2D eigenvalue weighted by Gasteiger charge is -2.20. The molecular weight excluding hydrogens is 373 g/mol. The molecular formula is C22H18FN3OS. The normalized spacial score (nSPS) is 11.0. The summed E-state index contributed by atoms with van der Waals surface area (Å²) in [6, 6.07) is 15.8. The quantitative estimate of drug-likeness (QED) is 0.475. The van der Waals surface area contributed by atoms with Crippen LogP contribution in [0.4, 0.5) is 9.52 Å². The number of nitrogens with zero attached hydrogens (tertiary/aromatic N) is 3. The van der Waals surface area contributed by atoms with E-state index >= 15 is 0 Å². The molecule has 0 aliphatic carbocycles. The second-order valence-electron chi connectivity index (χ2n) is 6.70. The molecule has 2 heterocycles. The molecule has 6 heteroatoms. The van der Waals surface area contributed by atoms with Crippen molar-refractivity contribution in [2.45, 2.75) is 20.4 Å². The molecule has 140 valence electrons. The van der Waals surface area contributed by atoms with E-state index < -0.39 is 0 Å². The number of anilines is 1. The van der Waals surface area contributed by atoms with E-state index in [0.29, 0.717) is 20.9 Å². The molecule has 0 N–H and O–H groups in total. The molecule has 0 fully saturated rings. The van der Waals surface area contributed by atoms with Crippen molar-refractivity contribution in [3.63, 3.8) is 0 Å². The van der Waals surface area contributed by atoms with Gasteiger partial charge < -0.3 is 0 Å².